The number of rotatable bonds is 13. The Bertz CT molecular complexity index is 1260. The van der Waals surface area contributed by atoms with Crippen molar-refractivity contribution in [1.82, 2.24) is 10.2 Å². The van der Waals surface area contributed by atoms with E-state index in [4.69, 9.17) is 14.2 Å². The van der Waals surface area contributed by atoms with Crippen LogP contribution in [0.3, 0.4) is 0 Å². The molecule has 0 aromatic heterocycles. The maximum Gasteiger partial charge on any atom is 0.244 e. The number of nitrogens with zero attached hydrogens (tertiary/aromatic N) is 2. The Morgan fingerprint density at radius 2 is 1.68 bits per heavy atom. The first kappa shape index (κ1) is 31.1. The highest BCUT2D eigenvalue weighted by atomic mass is 32.2. The van der Waals surface area contributed by atoms with Gasteiger partial charge in [-0.15, -0.1) is 0 Å². The van der Waals surface area contributed by atoms with Gasteiger partial charge in [0, 0.05) is 18.7 Å². The minimum Gasteiger partial charge on any atom is -0.497 e. The maximum atomic E-state index is 14.0. The van der Waals surface area contributed by atoms with Gasteiger partial charge in [-0.2, -0.15) is 0 Å². The largest absolute Gasteiger partial charge is 0.497 e. The zero-order valence-electron chi connectivity index (χ0n) is 24.0. The normalized spacial score (nSPS) is 14.6. The zero-order valence-corrected chi connectivity index (χ0v) is 24.8. The summed E-state index contributed by atoms with van der Waals surface area (Å²) in [6.45, 7) is 1.46. The molecule has 1 fully saturated rings. The molecule has 1 aliphatic rings. The second-order valence-corrected chi connectivity index (χ2v) is 11.9. The molecule has 0 unspecified atom stereocenters. The third-order valence-corrected chi connectivity index (χ3v) is 8.30. The predicted octanol–water partition coefficient (Wildman–Crippen LogP) is 3.73. The van der Waals surface area contributed by atoms with Crippen molar-refractivity contribution in [3.63, 3.8) is 0 Å². The molecule has 0 radical (unpaired) electrons. The van der Waals surface area contributed by atoms with E-state index in [0.717, 1.165) is 48.2 Å². The van der Waals surface area contributed by atoms with Crippen LogP contribution in [-0.4, -0.2) is 71.3 Å². The van der Waals surface area contributed by atoms with Crippen molar-refractivity contribution < 1.29 is 32.2 Å². The highest BCUT2D eigenvalue weighted by Gasteiger charge is 2.33. The number of hydrogen-bond acceptors (Lipinski definition) is 7. The lowest BCUT2D eigenvalue weighted by molar-refractivity contribution is -0.140. The summed E-state index contributed by atoms with van der Waals surface area (Å²) in [4.78, 5) is 28.9. The van der Waals surface area contributed by atoms with E-state index in [9.17, 15) is 18.0 Å². The molecule has 2 aromatic carbocycles. The van der Waals surface area contributed by atoms with Crippen LogP contribution in [0.2, 0.25) is 0 Å². The van der Waals surface area contributed by atoms with Gasteiger partial charge in [-0.25, -0.2) is 8.42 Å². The van der Waals surface area contributed by atoms with E-state index >= 15 is 0 Å². The Balaban J connectivity index is 1.96. The summed E-state index contributed by atoms with van der Waals surface area (Å²) in [5.41, 5.74) is 1.00. The summed E-state index contributed by atoms with van der Waals surface area (Å²) >= 11 is 0. The molecule has 0 spiro atoms. The first-order chi connectivity index (χ1) is 19.1. The SMILES string of the molecule is CC[C@H](C(=O)NC1CCCCC1)N(Cc1cccc(OC)c1)C(=O)CN(c1ccc(OC)c(OC)c1)S(C)(=O)=O. The standard InChI is InChI=1S/C29H41N3O7S/c1-6-25(29(34)30-22-12-8-7-9-13-22)31(19-21-11-10-14-24(17-21)37-2)28(33)20-32(40(5,35)36)23-15-16-26(38-3)27(18-23)39-4/h10-11,14-18,22,25H,6-9,12-13,19-20H2,1-5H3,(H,30,34)/t25-/m1/s1. The number of sulfonamides is 1. The Labute approximate surface area is 237 Å². The number of methoxy groups -OCH3 is 3. The fourth-order valence-electron chi connectivity index (χ4n) is 5.03. The third kappa shape index (κ3) is 8.03. The molecule has 10 nitrogen and oxygen atoms in total. The average molecular weight is 576 g/mol. The van der Waals surface area contributed by atoms with Crippen molar-refractivity contribution in [1.29, 1.82) is 0 Å². The number of benzene rings is 2. The second-order valence-electron chi connectivity index (χ2n) is 9.95. The molecular weight excluding hydrogens is 534 g/mol. The molecule has 3 rings (SSSR count). The van der Waals surface area contributed by atoms with Crippen molar-refractivity contribution in [2.75, 3.05) is 38.4 Å². The molecule has 220 valence electrons. The number of amides is 2. The predicted molar refractivity (Wildman–Crippen MR) is 154 cm³/mol. The van der Waals surface area contributed by atoms with Gasteiger partial charge in [-0.05, 0) is 49.1 Å². The Morgan fingerprint density at radius 1 is 0.975 bits per heavy atom. The maximum absolute atomic E-state index is 14.0. The van der Waals surface area contributed by atoms with E-state index in [1.165, 1.54) is 25.2 Å². The number of carbonyl (C=O) groups is 2. The molecular formula is C29H41N3O7S. The number of nitrogens with one attached hydrogen (secondary N) is 1. The van der Waals surface area contributed by atoms with Gasteiger partial charge in [0.15, 0.2) is 11.5 Å². The first-order valence-corrected chi connectivity index (χ1v) is 15.4. The van der Waals surface area contributed by atoms with Crippen LogP contribution in [0.5, 0.6) is 17.2 Å². The van der Waals surface area contributed by atoms with Crippen LogP contribution < -0.4 is 23.8 Å². The molecule has 1 aliphatic carbocycles. The van der Waals surface area contributed by atoms with E-state index in [0.29, 0.717) is 23.7 Å². The summed E-state index contributed by atoms with van der Waals surface area (Å²) in [5, 5.41) is 3.14. The number of ether oxygens (including phenoxy) is 3. The zero-order chi connectivity index (χ0) is 29.3. The quantitative estimate of drug-likeness (QED) is 0.387. The van der Waals surface area contributed by atoms with Crippen molar-refractivity contribution in [3.05, 3.63) is 48.0 Å². The molecule has 0 heterocycles. The smallest absolute Gasteiger partial charge is 0.244 e. The monoisotopic (exact) mass is 575 g/mol. The van der Waals surface area contributed by atoms with Gasteiger partial charge in [0.2, 0.25) is 21.8 Å². The van der Waals surface area contributed by atoms with Crippen LogP contribution in [0, 0.1) is 0 Å². The fourth-order valence-corrected chi connectivity index (χ4v) is 5.87. The van der Waals surface area contributed by atoms with Gasteiger partial charge in [-0.3, -0.25) is 13.9 Å². The van der Waals surface area contributed by atoms with Gasteiger partial charge >= 0.3 is 0 Å². The molecule has 1 atom stereocenters. The molecule has 40 heavy (non-hydrogen) atoms. The molecule has 0 aliphatic heterocycles. The third-order valence-electron chi connectivity index (χ3n) is 7.16. The second kappa shape index (κ2) is 14.2. The van der Waals surface area contributed by atoms with E-state index in [1.54, 1.807) is 31.4 Å². The Hall–Kier alpha value is -3.47. The summed E-state index contributed by atoms with van der Waals surface area (Å²) in [7, 11) is 0.606. The number of hydrogen-bond donors (Lipinski definition) is 1. The van der Waals surface area contributed by atoms with Crippen molar-refractivity contribution in [3.8, 4) is 17.2 Å². The van der Waals surface area contributed by atoms with Crippen LogP contribution >= 0.6 is 0 Å². The van der Waals surface area contributed by atoms with Crippen molar-refractivity contribution >= 4 is 27.5 Å². The van der Waals surface area contributed by atoms with Gasteiger partial charge in [0.05, 0.1) is 33.3 Å². The van der Waals surface area contributed by atoms with Crippen LogP contribution in [-0.2, 0) is 26.2 Å². The van der Waals surface area contributed by atoms with Gasteiger partial charge in [0.25, 0.3) is 0 Å². The molecule has 2 amide bonds. The number of carbonyl (C=O) groups excluding carboxylic acids is 2. The molecule has 11 heteroatoms. The summed E-state index contributed by atoms with van der Waals surface area (Å²) in [5.74, 6) is 0.632. The highest BCUT2D eigenvalue weighted by Crippen LogP contribution is 2.32. The first-order valence-electron chi connectivity index (χ1n) is 13.5. The minimum atomic E-state index is -3.88. The topological polar surface area (TPSA) is 114 Å². The minimum absolute atomic E-state index is 0.0725. The highest BCUT2D eigenvalue weighted by molar-refractivity contribution is 7.92. The van der Waals surface area contributed by atoms with Crippen molar-refractivity contribution in [2.45, 2.75) is 64.1 Å². The Morgan fingerprint density at radius 3 is 2.27 bits per heavy atom. The molecule has 1 saturated carbocycles. The lowest BCUT2D eigenvalue weighted by atomic mass is 9.95. The van der Waals surface area contributed by atoms with Crippen LogP contribution in [0.25, 0.3) is 0 Å². The van der Waals surface area contributed by atoms with Gasteiger partial charge < -0.3 is 24.4 Å². The van der Waals surface area contributed by atoms with E-state index < -0.39 is 28.5 Å². The molecule has 0 saturated heterocycles. The van der Waals surface area contributed by atoms with Gasteiger partial charge in [0.1, 0.15) is 18.3 Å². The molecule has 1 N–H and O–H groups in total. The summed E-state index contributed by atoms with van der Waals surface area (Å²) in [6, 6.07) is 11.2. The van der Waals surface area contributed by atoms with Crippen LogP contribution in [0.15, 0.2) is 42.5 Å². The lowest BCUT2D eigenvalue weighted by Gasteiger charge is -2.34. The summed E-state index contributed by atoms with van der Waals surface area (Å²) < 4.78 is 42.8. The van der Waals surface area contributed by atoms with E-state index in [2.05, 4.69) is 5.32 Å². The summed E-state index contributed by atoms with van der Waals surface area (Å²) in [6.07, 6.45) is 6.49. The van der Waals surface area contributed by atoms with E-state index in [1.807, 2.05) is 19.1 Å². The Kier molecular flexibility index (Phi) is 11.1. The van der Waals surface area contributed by atoms with Crippen LogP contribution in [0.1, 0.15) is 51.0 Å². The lowest BCUT2D eigenvalue weighted by Crippen LogP contribution is -2.53. The van der Waals surface area contributed by atoms with E-state index in [-0.39, 0.29) is 24.2 Å². The molecule has 0 bridgehead atoms. The fraction of sp³-hybridized carbons (Fsp3) is 0.517. The van der Waals surface area contributed by atoms with Gasteiger partial charge in [-0.1, -0.05) is 38.3 Å². The average Bonchev–Trinajstić information content (AvgIpc) is 2.95. The number of anilines is 1. The van der Waals surface area contributed by atoms with Crippen LogP contribution in [0.4, 0.5) is 5.69 Å². The van der Waals surface area contributed by atoms with Crippen molar-refractivity contribution in [2.24, 2.45) is 0 Å². The molecule has 2 aromatic rings.